The highest BCUT2D eigenvalue weighted by atomic mass is 16.4. The predicted octanol–water partition coefficient (Wildman–Crippen LogP) is 0.00430. The lowest BCUT2D eigenvalue weighted by molar-refractivity contribution is -0.721. The number of imidazole rings is 1. The molecule has 2 atom stereocenters. The van der Waals surface area contributed by atoms with Crippen molar-refractivity contribution in [3.63, 3.8) is 0 Å². The summed E-state index contributed by atoms with van der Waals surface area (Å²) >= 11 is 0. The predicted molar refractivity (Wildman–Crippen MR) is 65.0 cm³/mol. The van der Waals surface area contributed by atoms with Gasteiger partial charge in [0.2, 0.25) is 6.33 Å². The molecule has 0 unspecified atom stereocenters. The zero-order chi connectivity index (χ0) is 14.7. The van der Waals surface area contributed by atoms with E-state index in [1.54, 1.807) is 26.2 Å². The molecule has 0 bridgehead atoms. The van der Waals surface area contributed by atoms with E-state index in [2.05, 4.69) is 0 Å². The van der Waals surface area contributed by atoms with E-state index in [0.29, 0.717) is 0 Å². The lowest BCUT2D eigenvalue weighted by atomic mass is 10.0. The van der Waals surface area contributed by atoms with Crippen LogP contribution in [0.2, 0.25) is 0 Å². The molecule has 0 aliphatic carbocycles. The van der Waals surface area contributed by atoms with E-state index >= 15 is 0 Å². The maximum atomic E-state index is 11.2. The Kier molecular flexibility index (Phi) is 4.69. The number of carboxylic acids is 2. The first kappa shape index (κ1) is 15.2. The van der Waals surface area contributed by atoms with Gasteiger partial charge in [0.15, 0.2) is 6.04 Å². The highest BCUT2D eigenvalue weighted by molar-refractivity contribution is 5.72. The van der Waals surface area contributed by atoms with Crippen LogP contribution in [0.4, 0.5) is 0 Å². The summed E-state index contributed by atoms with van der Waals surface area (Å²) < 4.78 is 3.00. The van der Waals surface area contributed by atoms with E-state index in [9.17, 15) is 19.8 Å². The molecule has 0 fully saturated rings. The number of hydrogen-bond acceptors (Lipinski definition) is 3. The summed E-state index contributed by atoms with van der Waals surface area (Å²) in [4.78, 5) is 22.4. The summed E-state index contributed by atoms with van der Waals surface area (Å²) in [5.74, 6) is -2.35. The van der Waals surface area contributed by atoms with Crippen molar-refractivity contribution >= 4 is 11.9 Å². The topological polar surface area (TPSA) is 86.2 Å². The van der Waals surface area contributed by atoms with E-state index < -0.39 is 24.0 Å². The molecule has 0 saturated heterocycles. The van der Waals surface area contributed by atoms with Crippen LogP contribution in [0.3, 0.4) is 0 Å². The molecule has 6 heteroatoms. The van der Waals surface area contributed by atoms with Gasteiger partial charge in [0, 0.05) is 5.92 Å². The molecule has 0 aromatic carbocycles. The first-order valence-corrected chi connectivity index (χ1v) is 6.27. The largest absolute Gasteiger partial charge is 0.546 e. The minimum Gasteiger partial charge on any atom is -0.546 e. The molecule has 1 aromatic heterocycles. The van der Waals surface area contributed by atoms with Crippen LogP contribution >= 0.6 is 0 Å². The summed E-state index contributed by atoms with van der Waals surface area (Å²) in [5, 5.41) is 20.3. The lowest BCUT2D eigenvalue weighted by Gasteiger charge is -2.18. The van der Waals surface area contributed by atoms with Crippen molar-refractivity contribution in [3.8, 4) is 0 Å². The number of hydrogen-bond donors (Lipinski definition) is 1. The SMILES string of the molecule is CC(C)[C@H](C(=O)O)n1cc[n+]([C@@H](C(=O)[O-])C(C)C)c1. The lowest BCUT2D eigenvalue weighted by Crippen LogP contribution is -2.51. The molecule has 1 rings (SSSR count). The van der Waals surface area contributed by atoms with Crippen LogP contribution in [0.25, 0.3) is 0 Å². The molecule has 0 radical (unpaired) electrons. The van der Waals surface area contributed by atoms with Gasteiger partial charge in [0.25, 0.3) is 0 Å². The molecule has 1 aromatic rings. The highest BCUT2D eigenvalue weighted by Crippen LogP contribution is 2.18. The fourth-order valence-corrected chi connectivity index (χ4v) is 2.21. The first-order valence-electron chi connectivity index (χ1n) is 6.27. The van der Waals surface area contributed by atoms with Crippen LogP contribution in [0.1, 0.15) is 39.8 Å². The Morgan fingerprint density at radius 1 is 1.21 bits per heavy atom. The smallest absolute Gasteiger partial charge is 0.349 e. The van der Waals surface area contributed by atoms with Gasteiger partial charge >= 0.3 is 5.97 Å². The molecule has 0 aliphatic heterocycles. The van der Waals surface area contributed by atoms with Gasteiger partial charge in [-0.15, -0.1) is 0 Å². The van der Waals surface area contributed by atoms with Crippen molar-refractivity contribution < 1.29 is 24.4 Å². The zero-order valence-corrected chi connectivity index (χ0v) is 11.6. The molecular formula is C13H20N2O4. The van der Waals surface area contributed by atoms with Crippen molar-refractivity contribution in [1.82, 2.24) is 4.57 Å². The van der Waals surface area contributed by atoms with Gasteiger partial charge in [-0.3, -0.25) is 0 Å². The Bertz CT molecular complexity index is 424. The third-order valence-electron chi connectivity index (χ3n) is 3.08. The Morgan fingerprint density at radius 2 is 1.79 bits per heavy atom. The Balaban J connectivity index is 3.10. The van der Waals surface area contributed by atoms with Crippen molar-refractivity contribution in [1.29, 1.82) is 0 Å². The van der Waals surface area contributed by atoms with Crippen molar-refractivity contribution in [2.24, 2.45) is 11.8 Å². The molecular weight excluding hydrogens is 248 g/mol. The normalized spacial score (nSPS) is 14.6. The highest BCUT2D eigenvalue weighted by Gasteiger charge is 2.30. The molecule has 0 spiro atoms. The third kappa shape index (κ3) is 3.33. The maximum absolute atomic E-state index is 11.2. The second-order valence-corrected chi connectivity index (χ2v) is 5.34. The van der Waals surface area contributed by atoms with Crippen molar-refractivity contribution in [2.45, 2.75) is 39.8 Å². The molecule has 19 heavy (non-hydrogen) atoms. The van der Waals surface area contributed by atoms with Crippen LogP contribution in [-0.4, -0.2) is 21.6 Å². The summed E-state index contributed by atoms with van der Waals surface area (Å²) in [5.41, 5.74) is 0. The minimum atomic E-state index is -1.17. The van der Waals surface area contributed by atoms with Gasteiger partial charge in [0.1, 0.15) is 18.4 Å². The van der Waals surface area contributed by atoms with Gasteiger partial charge < -0.3 is 15.0 Å². The fraction of sp³-hybridized carbons (Fsp3) is 0.615. The van der Waals surface area contributed by atoms with Crippen LogP contribution < -0.4 is 9.67 Å². The minimum absolute atomic E-state index is 0.0983. The molecule has 0 aliphatic rings. The number of carboxylic acid groups (broad SMARTS) is 2. The average Bonchev–Trinajstić information content (AvgIpc) is 2.64. The average molecular weight is 268 g/mol. The van der Waals surface area contributed by atoms with Gasteiger partial charge in [-0.1, -0.05) is 27.7 Å². The van der Waals surface area contributed by atoms with Crippen LogP contribution in [0.15, 0.2) is 18.7 Å². The summed E-state index contributed by atoms with van der Waals surface area (Å²) in [6.45, 7) is 7.17. The van der Waals surface area contributed by atoms with E-state index in [0.717, 1.165) is 0 Å². The van der Waals surface area contributed by atoms with Gasteiger partial charge in [-0.2, -0.15) is 0 Å². The summed E-state index contributed by atoms with van der Waals surface area (Å²) in [6.07, 6.45) is 4.66. The first-order chi connectivity index (χ1) is 8.75. The molecule has 0 saturated carbocycles. The molecule has 1 N–H and O–H groups in total. The Hall–Kier alpha value is -1.85. The molecule has 6 nitrogen and oxygen atoms in total. The Morgan fingerprint density at radius 3 is 2.16 bits per heavy atom. The van der Waals surface area contributed by atoms with Crippen LogP contribution in [0.5, 0.6) is 0 Å². The second kappa shape index (κ2) is 5.86. The van der Waals surface area contributed by atoms with E-state index in [1.165, 1.54) is 15.5 Å². The standard InChI is InChI=1S/C13H20N2O4/c1-8(2)10(12(16)17)14-5-6-15(7-14)11(9(3)4)13(18)19/h5-11H,1-4H3,(H-,16,17,18,19)/t10-,11-/m1/s1. The summed E-state index contributed by atoms with van der Waals surface area (Å²) in [7, 11) is 0. The zero-order valence-electron chi connectivity index (χ0n) is 11.6. The van der Waals surface area contributed by atoms with E-state index in [-0.39, 0.29) is 11.8 Å². The molecule has 0 amide bonds. The number of rotatable bonds is 6. The van der Waals surface area contributed by atoms with Gasteiger partial charge in [-0.25, -0.2) is 13.9 Å². The van der Waals surface area contributed by atoms with Crippen molar-refractivity contribution in [3.05, 3.63) is 18.7 Å². The fourth-order valence-electron chi connectivity index (χ4n) is 2.21. The quantitative estimate of drug-likeness (QED) is 0.736. The summed E-state index contributed by atoms with van der Waals surface area (Å²) in [6, 6.07) is -1.52. The van der Waals surface area contributed by atoms with Crippen LogP contribution in [-0.2, 0) is 9.59 Å². The maximum Gasteiger partial charge on any atom is 0.349 e. The van der Waals surface area contributed by atoms with E-state index in [1.807, 2.05) is 13.8 Å². The van der Waals surface area contributed by atoms with E-state index in [4.69, 9.17) is 0 Å². The second-order valence-electron chi connectivity index (χ2n) is 5.34. The molecule has 1 heterocycles. The number of carbonyl (C=O) groups excluding carboxylic acids is 1. The van der Waals surface area contributed by atoms with Gasteiger partial charge in [0.05, 0.1) is 5.97 Å². The number of aromatic nitrogens is 2. The number of nitrogens with zero attached hydrogens (tertiary/aromatic N) is 2. The molecule has 106 valence electrons. The van der Waals surface area contributed by atoms with Gasteiger partial charge in [-0.05, 0) is 5.92 Å². The number of aliphatic carboxylic acids is 2. The number of carbonyl (C=O) groups is 2. The van der Waals surface area contributed by atoms with Crippen LogP contribution in [0, 0.1) is 11.8 Å². The van der Waals surface area contributed by atoms with Crippen molar-refractivity contribution in [2.75, 3.05) is 0 Å². The monoisotopic (exact) mass is 268 g/mol. The third-order valence-corrected chi connectivity index (χ3v) is 3.08. The Labute approximate surface area is 112 Å².